The monoisotopic (exact) mass is 382 g/mol. The second kappa shape index (κ2) is 5.73. The largest absolute Gasteiger partial charge is 0.251 e. The number of rotatable bonds is 0. The molecule has 26 heavy (non-hydrogen) atoms. The van der Waals surface area contributed by atoms with Gasteiger partial charge in [0.05, 0.1) is 21.4 Å². The normalized spacial score (nSPS) is 14.3. The van der Waals surface area contributed by atoms with E-state index in [1.165, 1.54) is 0 Å². The van der Waals surface area contributed by atoms with Gasteiger partial charge >= 0.3 is 0 Å². The highest BCUT2D eigenvalue weighted by Gasteiger charge is 2.21. The number of fused-ring (bicyclic) bond motifs is 7. The molecule has 1 aromatic carbocycles. The van der Waals surface area contributed by atoms with Crippen LogP contribution in [0.5, 0.6) is 0 Å². The van der Waals surface area contributed by atoms with Gasteiger partial charge in [-0.15, -0.1) is 0 Å². The van der Waals surface area contributed by atoms with Crippen LogP contribution in [0.15, 0.2) is 12.1 Å². The topological polar surface area (TPSA) is 51.6 Å². The Labute approximate surface area is 160 Å². The van der Waals surface area contributed by atoms with Gasteiger partial charge in [0.1, 0.15) is 22.1 Å². The lowest BCUT2D eigenvalue weighted by Gasteiger charge is -2.17. The van der Waals surface area contributed by atoms with Crippen molar-refractivity contribution in [3.8, 4) is 0 Å². The molecule has 5 rings (SSSR count). The number of hydrogen-bond acceptors (Lipinski definition) is 4. The quantitative estimate of drug-likeness (QED) is 0.375. The predicted molar refractivity (Wildman–Crippen MR) is 106 cm³/mol. The Morgan fingerprint density at radius 3 is 1.46 bits per heavy atom. The first-order valence-corrected chi connectivity index (χ1v) is 9.53. The van der Waals surface area contributed by atoms with Crippen molar-refractivity contribution >= 4 is 56.0 Å². The van der Waals surface area contributed by atoms with Gasteiger partial charge in [-0.2, -0.15) is 0 Å². The SMILES string of the molecule is Cc1cc(Cl)c2c(n1)c1nc(C)cc(Cl)c1c1nc3c(nc12)CCCC3. The van der Waals surface area contributed by atoms with Crippen molar-refractivity contribution in [2.75, 3.05) is 0 Å². The van der Waals surface area contributed by atoms with Crippen LogP contribution in [0.25, 0.3) is 32.8 Å². The van der Waals surface area contributed by atoms with E-state index in [0.29, 0.717) is 10.0 Å². The smallest absolute Gasteiger partial charge is 0.101 e. The summed E-state index contributed by atoms with van der Waals surface area (Å²) in [6, 6.07) is 3.74. The van der Waals surface area contributed by atoms with Crippen LogP contribution in [0.1, 0.15) is 35.6 Å². The molecule has 6 heteroatoms. The molecule has 0 atom stereocenters. The fourth-order valence-corrected chi connectivity index (χ4v) is 4.57. The third-order valence-corrected chi connectivity index (χ3v) is 5.62. The minimum atomic E-state index is 0.629. The van der Waals surface area contributed by atoms with Gasteiger partial charge in [-0.3, -0.25) is 9.97 Å². The van der Waals surface area contributed by atoms with Crippen LogP contribution in [-0.2, 0) is 12.8 Å². The molecule has 1 aliphatic carbocycles. The van der Waals surface area contributed by atoms with Gasteiger partial charge in [0, 0.05) is 22.2 Å². The molecule has 0 saturated heterocycles. The Balaban J connectivity index is 2.11. The zero-order valence-corrected chi connectivity index (χ0v) is 16.0. The second-order valence-electron chi connectivity index (χ2n) is 6.96. The summed E-state index contributed by atoms with van der Waals surface area (Å²) in [6.07, 6.45) is 4.19. The highest BCUT2D eigenvalue weighted by molar-refractivity contribution is 6.42. The van der Waals surface area contributed by atoms with Crippen molar-refractivity contribution in [1.82, 2.24) is 19.9 Å². The van der Waals surface area contributed by atoms with Gasteiger partial charge in [0.25, 0.3) is 0 Å². The van der Waals surface area contributed by atoms with Gasteiger partial charge < -0.3 is 0 Å². The number of halogens is 2. The van der Waals surface area contributed by atoms with E-state index in [2.05, 4.69) is 0 Å². The molecule has 0 radical (unpaired) electrons. The number of aryl methyl sites for hydroxylation is 4. The van der Waals surface area contributed by atoms with E-state index in [4.69, 9.17) is 43.1 Å². The van der Waals surface area contributed by atoms with E-state index in [1.807, 2.05) is 26.0 Å². The molecule has 3 heterocycles. The summed E-state index contributed by atoms with van der Waals surface area (Å²) in [4.78, 5) is 19.4. The van der Waals surface area contributed by atoms with Crippen molar-refractivity contribution in [3.63, 3.8) is 0 Å². The van der Waals surface area contributed by atoms with Crippen molar-refractivity contribution in [3.05, 3.63) is 45.0 Å². The predicted octanol–water partition coefficient (Wildman–Crippen LogP) is 5.53. The van der Waals surface area contributed by atoms with Gasteiger partial charge in [0.2, 0.25) is 0 Å². The minimum absolute atomic E-state index is 0.629. The highest BCUT2D eigenvalue weighted by Crippen LogP contribution is 2.39. The molecule has 3 aromatic heterocycles. The van der Waals surface area contributed by atoms with Crippen LogP contribution < -0.4 is 0 Å². The molecule has 0 N–H and O–H groups in total. The molecule has 0 spiro atoms. The van der Waals surface area contributed by atoms with E-state index in [1.54, 1.807) is 0 Å². The molecule has 0 bridgehead atoms. The Morgan fingerprint density at radius 2 is 1.04 bits per heavy atom. The summed E-state index contributed by atoms with van der Waals surface area (Å²) in [7, 11) is 0. The molecule has 1 aliphatic rings. The molecule has 4 nitrogen and oxygen atoms in total. The molecule has 130 valence electrons. The average Bonchev–Trinajstić information content (AvgIpc) is 2.59. The van der Waals surface area contributed by atoms with Crippen molar-refractivity contribution < 1.29 is 0 Å². The average molecular weight is 383 g/mol. The van der Waals surface area contributed by atoms with E-state index in [9.17, 15) is 0 Å². The third kappa shape index (κ3) is 2.29. The number of aromatic nitrogens is 4. The molecule has 0 fully saturated rings. The van der Waals surface area contributed by atoms with E-state index >= 15 is 0 Å². The zero-order valence-electron chi connectivity index (χ0n) is 14.5. The van der Waals surface area contributed by atoms with Crippen LogP contribution in [0.2, 0.25) is 10.0 Å². The maximum absolute atomic E-state index is 6.64. The standard InChI is InChI=1S/C20H16Cl2N4/c1-9-7-11(21)15-17(23-9)18-16(12(22)8-10(2)24-18)20-19(15)25-13-5-3-4-6-14(13)26-20/h7-8H,3-6H2,1-2H3. The van der Waals surface area contributed by atoms with E-state index < -0.39 is 0 Å². The molecule has 4 aromatic rings. The minimum Gasteiger partial charge on any atom is -0.251 e. The molecule has 0 amide bonds. The maximum atomic E-state index is 6.64. The first-order valence-electron chi connectivity index (χ1n) is 8.78. The second-order valence-corrected chi connectivity index (χ2v) is 7.77. The number of benzene rings is 1. The summed E-state index contributed by atoms with van der Waals surface area (Å²) >= 11 is 13.3. The first-order chi connectivity index (χ1) is 12.5. The number of nitrogens with zero attached hydrogens (tertiary/aromatic N) is 4. The number of hydrogen-bond donors (Lipinski definition) is 0. The summed E-state index contributed by atoms with van der Waals surface area (Å²) in [5.74, 6) is 0. The zero-order chi connectivity index (χ0) is 18.0. The third-order valence-electron chi connectivity index (χ3n) is 5.02. The fraction of sp³-hybridized carbons (Fsp3) is 0.300. The summed E-state index contributed by atoms with van der Waals surface area (Å²) in [5, 5.41) is 2.89. The van der Waals surface area contributed by atoms with Crippen molar-refractivity contribution in [2.24, 2.45) is 0 Å². The maximum Gasteiger partial charge on any atom is 0.101 e. The van der Waals surface area contributed by atoms with Crippen molar-refractivity contribution in [2.45, 2.75) is 39.5 Å². The van der Waals surface area contributed by atoms with Crippen molar-refractivity contribution in [1.29, 1.82) is 0 Å². The Hall–Kier alpha value is -2.04. The lowest BCUT2D eigenvalue weighted by atomic mass is 9.99. The molecule has 0 unspecified atom stereocenters. The fourth-order valence-electron chi connectivity index (χ4n) is 3.90. The Bertz CT molecular complexity index is 1140. The summed E-state index contributed by atoms with van der Waals surface area (Å²) in [5.41, 5.74) is 6.86. The summed E-state index contributed by atoms with van der Waals surface area (Å²) < 4.78 is 0. The van der Waals surface area contributed by atoms with Gasteiger partial charge in [-0.05, 0) is 51.7 Å². The lowest BCUT2D eigenvalue weighted by molar-refractivity contribution is 0.655. The summed E-state index contributed by atoms with van der Waals surface area (Å²) in [6.45, 7) is 3.86. The first kappa shape index (κ1) is 16.2. The molecule has 0 saturated carbocycles. The van der Waals surface area contributed by atoms with Crippen LogP contribution in [0, 0.1) is 13.8 Å². The van der Waals surface area contributed by atoms with Gasteiger partial charge in [-0.25, -0.2) is 9.97 Å². The molecule has 0 aliphatic heterocycles. The van der Waals surface area contributed by atoms with Crippen LogP contribution in [-0.4, -0.2) is 19.9 Å². The Morgan fingerprint density at radius 1 is 0.654 bits per heavy atom. The lowest BCUT2D eigenvalue weighted by Crippen LogP contribution is -2.09. The van der Waals surface area contributed by atoms with Crippen LogP contribution in [0.4, 0.5) is 0 Å². The van der Waals surface area contributed by atoms with Crippen LogP contribution in [0.3, 0.4) is 0 Å². The number of pyridine rings is 2. The Kier molecular flexibility index (Phi) is 3.56. The van der Waals surface area contributed by atoms with Crippen LogP contribution >= 0.6 is 23.2 Å². The molecular formula is C20H16Cl2N4. The van der Waals surface area contributed by atoms with Gasteiger partial charge in [0.15, 0.2) is 0 Å². The van der Waals surface area contributed by atoms with Gasteiger partial charge in [-0.1, -0.05) is 23.2 Å². The highest BCUT2D eigenvalue weighted by atomic mass is 35.5. The van der Waals surface area contributed by atoms with E-state index in [-0.39, 0.29) is 0 Å². The van der Waals surface area contributed by atoms with E-state index in [0.717, 1.165) is 81.3 Å². The molecular weight excluding hydrogens is 367 g/mol.